The van der Waals surface area contributed by atoms with Gasteiger partial charge in [-0.05, 0) is 55.5 Å². The molecule has 9 N–H and O–H groups in total. The van der Waals surface area contributed by atoms with Crippen molar-refractivity contribution < 1.29 is 14.6 Å². The van der Waals surface area contributed by atoms with Crippen LogP contribution in [0.4, 0.5) is 11.4 Å². The molecule has 9 nitrogen and oxygen atoms in total. The van der Waals surface area contributed by atoms with Crippen molar-refractivity contribution in [3.8, 4) is 5.75 Å². The van der Waals surface area contributed by atoms with Crippen molar-refractivity contribution in [2.24, 2.45) is 32.9 Å². The highest BCUT2D eigenvalue weighted by Gasteiger charge is 2.08. The first-order chi connectivity index (χ1) is 12.3. The summed E-state index contributed by atoms with van der Waals surface area (Å²) in [4.78, 5) is 19.8. The Morgan fingerprint density at radius 2 is 1.27 bits per heavy atom. The van der Waals surface area contributed by atoms with Gasteiger partial charge in [-0.25, -0.2) is 14.8 Å². The second-order valence-electron chi connectivity index (χ2n) is 4.82. The van der Waals surface area contributed by atoms with E-state index in [0.29, 0.717) is 22.7 Å². The van der Waals surface area contributed by atoms with Gasteiger partial charge in [0.15, 0.2) is 11.9 Å². The van der Waals surface area contributed by atoms with Crippen LogP contribution in [-0.4, -0.2) is 29.6 Å². The maximum absolute atomic E-state index is 12.0. The zero-order valence-electron chi connectivity index (χ0n) is 14.3. The molecule has 0 amide bonds. The van der Waals surface area contributed by atoms with E-state index in [1.807, 2.05) is 0 Å². The molecule has 2 aromatic carbocycles. The van der Waals surface area contributed by atoms with E-state index >= 15 is 0 Å². The van der Waals surface area contributed by atoms with E-state index < -0.39 is 5.97 Å². The van der Waals surface area contributed by atoms with Crippen molar-refractivity contribution in [1.29, 1.82) is 0 Å². The third-order valence-corrected chi connectivity index (χ3v) is 2.67. The topological polar surface area (TPSA) is 175 Å². The summed E-state index contributed by atoms with van der Waals surface area (Å²) in [7, 11) is 0. The fourth-order valence-corrected chi connectivity index (χ4v) is 1.72. The van der Waals surface area contributed by atoms with Crippen LogP contribution < -0.4 is 27.7 Å². The molecule has 0 unspecified atom stereocenters. The lowest BCUT2D eigenvalue weighted by Crippen LogP contribution is -2.21. The number of carbonyl (C=O) groups is 1. The SMILES string of the molecule is CCO.NC(N)=Nc1ccc(OC(=O)c2ccc(N=C(N)N)cc2)cc1. The molecule has 0 aliphatic carbocycles. The molecular weight excluding hydrogens is 336 g/mol. The first-order valence-electron chi connectivity index (χ1n) is 7.58. The maximum atomic E-state index is 12.0. The minimum Gasteiger partial charge on any atom is -0.423 e. The standard InChI is InChI=1S/C15H16N6O2.C2H6O/c16-14(17)20-10-3-1-9(2-4-10)13(22)23-12-7-5-11(6-8-12)21-15(18)19;1-2-3/h1-8H,(H4,16,17,20)(H4,18,19,21);3H,2H2,1H3. The Kier molecular flexibility index (Phi) is 8.11. The molecule has 0 saturated carbocycles. The predicted molar refractivity (Wildman–Crippen MR) is 102 cm³/mol. The zero-order valence-corrected chi connectivity index (χ0v) is 14.3. The van der Waals surface area contributed by atoms with E-state index in [1.165, 1.54) is 0 Å². The molecule has 138 valence electrons. The fourth-order valence-electron chi connectivity index (χ4n) is 1.72. The third kappa shape index (κ3) is 7.32. The predicted octanol–water partition coefficient (Wildman–Crippen LogP) is 0.714. The molecule has 0 aliphatic rings. The molecule has 0 atom stereocenters. The van der Waals surface area contributed by atoms with Crippen LogP contribution in [0.2, 0.25) is 0 Å². The summed E-state index contributed by atoms with van der Waals surface area (Å²) in [5.74, 6) is -0.231. The molecule has 0 fully saturated rings. The number of esters is 1. The number of aliphatic hydroxyl groups excluding tert-OH is 1. The summed E-state index contributed by atoms with van der Waals surface area (Å²) < 4.78 is 5.25. The summed E-state index contributed by atoms with van der Waals surface area (Å²) in [5.41, 5.74) is 22.6. The van der Waals surface area contributed by atoms with Gasteiger partial charge in [0.05, 0.1) is 16.9 Å². The molecule has 2 aromatic rings. The number of nitrogens with zero attached hydrogens (tertiary/aromatic N) is 2. The number of aliphatic hydroxyl groups is 1. The minimum absolute atomic E-state index is 0.0457. The number of ether oxygens (including phenoxy) is 1. The smallest absolute Gasteiger partial charge is 0.343 e. The third-order valence-electron chi connectivity index (χ3n) is 2.67. The Morgan fingerprint density at radius 1 is 0.885 bits per heavy atom. The van der Waals surface area contributed by atoms with Crippen LogP contribution in [0.3, 0.4) is 0 Å². The van der Waals surface area contributed by atoms with Crippen LogP contribution >= 0.6 is 0 Å². The summed E-state index contributed by atoms with van der Waals surface area (Å²) in [6.07, 6.45) is 0. The first-order valence-corrected chi connectivity index (χ1v) is 7.58. The lowest BCUT2D eigenvalue weighted by molar-refractivity contribution is 0.0735. The van der Waals surface area contributed by atoms with Gasteiger partial charge in [0.25, 0.3) is 0 Å². The summed E-state index contributed by atoms with van der Waals surface area (Å²) in [6, 6.07) is 12.8. The number of benzene rings is 2. The highest BCUT2D eigenvalue weighted by molar-refractivity contribution is 5.91. The van der Waals surface area contributed by atoms with Gasteiger partial charge in [-0.1, -0.05) is 0 Å². The maximum Gasteiger partial charge on any atom is 0.343 e. The van der Waals surface area contributed by atoms with Gasteiger partial charge in [0.1, 0.15) is 5.75 Å². The number of hydrogen-bond donors (Lipinski definition) is 5. The average Bonchev–Trinajstić information content (AvgIpc) is 2.57. The Balaban J connectivity index is 0.00000105. The zero-order chi connectivity index (χ0) is 19.5. The molecule has 0 heterocycles. The van der Waals surface area contributed by atoms with E-state index in [1.54, 1.807) is 55.5 Å². The van der Waals surface area contributed by atoms with Gasteiger partial charge in [-0.15, -0.1) is 0 Å². The summed E-state index contributed by atoms with van der Waals surface area (Å²) in [6.45, 7) is 1.93. The van der Waals surface area contributed by atoms with Crippen LogP contribution in [0.25, 0.3) is 0 Å². The highest BCUT2D eigenvalue weighted by Crippen LogP contribution is 2.20. The Morgan fingerprint density at radius 3 is 1.65 bits per heavy atom. The lowest BCUT2D eigenvalue weighted by Gasteiger charge is -2.05. The molecule has 0 radical (unpaired) electrons. The van der Waals surface area contributed by atoms with Gasteiger partial charge in [0.2, 0.25) is 0 Å². The van der Waals surface area contributed by atoms with Crippen LogP contribution in [0.5, 0.6) is 5.75 Å². The number of hydrogen-bond acceptors (Lipinski definition) is 5. The van der Waals surface area contributed by atoms with Crippen LogP contribution in [0.15, 0.2) is 58.5 Å². The van der Waals surface area contributed by atoms with Crippen molar-refractivity contribution in [3.05, 3.63) is 54.1 Å². The van der Waals surface area contributed by atoms with Crippen LogP contribution in [0, 0.1) is 0 Å². The van der Waals surface area contributed by atoms with Gasteiger partial charge in [0, 0.05) is 6.61 Å². The summed E-state index contributed by atoms with van der Waals surface area (Å²) >= 11 is 0. The van der Waals surface area contributed by atoms with E-state index in [2.05, 4.69) is 9.98 Å². The van der Waals surface area contributed by atoms with E-state index in [9.17, 15) is 4.79 Å². The largest absolute Gasteiger partial charge is 0.423 e. The molecule has 9 heteroatoms. The highest BCUT2D eigenvalue weighted by atomic mass is 16.5. The molecule has 0 saturated heterocycles. The molecule has 0 aromatic heterocycles. The van der Waals surface area contributed by atoms with Crippen LogP contribution in [-0.2, 0) is 0 Å². The van der Waals surface area contributed by atoms with E-state index in [4.69, 9.17) is 32.8 Å². The van der Waals surface area contributed by atoms with Crippen molar-refractivity contribution in [3.63, 3.8) is 0 Å². The van der Waals surface area contributed by atoms with E-state index in [-0.39, 0.29) is 18.5 Å². The molecular formula is C17H22N6O3. The van der Waals surface area contributed by atoms with Crippen molar-refractivity contribution >= 4 is 29.3 Å². The molecule has 26 heavy (non-hydrogen) atoms. The monoisotopic (exact) mass is 358 g/mol. The Labute approximate surface area is 151 Å². The fraction of sp³-hybridized carbons (Fsp3) is 0.118. The number of guanidine groups is 2. The van der Waals surface area contributed by atoms with Gasteiger partial charge >= 0.3 is 5.97 Å². The average molecular weight is 358 g/mol. The van der Waals surface area contributed by atoms with E-state index in [0.717, 1.165) is 0 Å². The van der Waals surface area contributed by atoms with Gasteiger partial charge in [-0.2, -0.15) is 0 Å². The van der Waals surface area contributed by atoms with Gasteiger partial charge < -0.3 is 32.8 Å². The minimum atomic E-state index is -0.504. The second kappa shape index (κ2) is 10.3. The van der Waals surface area contributed by atoms with Gasteiger partial charge in [-0.3, -0.25) is 0 Å². The quantitative estimate of drug-likeness (QED) is 0.231. The molecule has 0 spiro atoms. The van der Waals surface area contributed by atoms with Crippen molar-refractivity contribution in [1.82, 2.24) is 0 Å². The Hall–Kier alpha value is -3.59. The Bertz CT molecular complexity index is 762. The number of nitrogens with two attached hydrogens (primary N) is 4. The number of aliphatic imine (C=N–C) groups is 2. The molecule has 2 rings (SSSR count). The van der Waals surface area contributed by atoms with Crippen molar-refractivity contribution in [2.45, 2.75) is 6.92 Å². The van der Waals surface area contributed by atoms with Crippen LogP contribution in [0.1, 0.15) is 17.3 Å². The molecule has 0 aliphatic heterocycles. The van der Waals surface area contributed by atoms with Crippen molar-refractivity contribution in [2.75, 3.05) is 6.61 Å². The normalized spacial score (nSPS) is 9.31. The summed E-state index contributed by atoms with van der Waals surface area (Å²) in [5, 5.41) is 7.57. The molecule has 0 bridgehead atoms. The number of rotatable bonds is 4. The number of carbonyl (C=O) groups excluding carboxylic acids is 1. The lowest BCUT2D eigenvalue weighted by atomic mass is 10.2. The second-order valence-corrected chi connectivity index (χ2v) is 4.82. The first kappa shape index (κ1) is 20.5.